The molecule has 4 nitrogen and oxygen atoms in total. The predicted octanol–water partition coefficient (Wildman–Crippen LogP) is 0.507. The Kier molecular flexibility index (Phi) is 6.03. The van der Waals surface area contributed by atoms with E-state index in [0.717, 1.165) is 11.1 Å². The summed E-state index contributed by atoms with van der Waals surface area (Å²) in [6.07, 6.45) is 1.25. The first-order chi connectivity index (χ1) is 8.90. The third-order valence-electron chi connectivity index (χ3n) is 2.56. The molecule has 5 heteroatoms. The minimum Gasteiger partial charge on any atom is -0.384 e. The largest absolute Gasteiger partial charge is 0.384 e. The molecule has 19 heavy (non-hydrogen) atoms. The molecule has 0 aromatic heterocycles. The average molecular weight is 281 g/mol. The molecule has 0 saturated carbocycles. The molecule has 0 unspecified atom stereocenters. The minimum absolute atomic E-state index is 0.143. The van der Waals surface area contributed by atoms with E-state index in [1.165, 1.54) is 6.26 Å². The van der Waals surface area contributed by atoms with Gasteiger partial charge in [-0.2, -0.15) is 0 Å². The first kappa shape index (κ1) is 15.7. The van der Waals surface area contributed by atoms with Gasteiger partial charge in [0.1, 0.15) is 16.4 Å². The number of aliphatic hydroxyl groups is 1. The Bertz CT molecular complexity index is 553. The van der Waals surface area contributed by atoms with Gasteiger partial charge in [-0.05, 0) is 24.7 Å². The molecule has 1 N–H and O–H groups in total. The fraction of sp³-hybridized carbons (Fsp3) is 0.429. The molecule has 0 aliphatic rings. The van der Waals surface area contributed by atoms with Gasteiger partial charge in [0, 0.05) is 24.9 Å². The van der Waals surface area contributed by atoms with Crippen molar-refractivity contribution in [3.63, 3.8) is 0 Å². The van der Waals surface area contributed by atoms with Crippen molar-refractivity contribution in [3.05, 3.63) is 35.4 Å². The number of benzene rings is 1. The van der Waals surface area contributed by atoms with Crippen LogP contribution in [-0.4, -0.2) is 50.6 Å². The quantitative estimate of drug-likeness (QED) is 0.799. The lowest BCUT2D eigenvalue weighted by atomic mass is 10.1. The summed E-state index contributed by atoms with van der Waals surface area (Å²) >= 11 is 0. The van der Waals surface area contributed by atoms with E-state index in [1.807, 2.05) is 36.2 Å². The van der Waals surface area contributed by atoms with Crippen molar-refractivity contribution < 1.29 is 13.5 Å². The highest BCUT2D eigenvalue weighted by atomic mass is 32.2. The van der Waals surface area contributed by atoms with E-state index in [1.54, 1.807) is 0 Å². The maximum Gasteiger partial charge on any atom is 0.148 e. The normalized spacial score (nSPS) is 11.2. The van der Waals surface area contributed by atoms with E-state index in [9.17, 15) is 8.42 Å². The zero-order chi connectivity index (χ0) is 14.3. The molecule has 0 radical (unpaired) electrons. The summed E-state index contributed by atoms with van der Waals surface area (Å²) in [6, 6.07) is 7.70. The summed E-state index contributed by atoms with van der Waals surface area (Å²) in [5.74, 6) is 5.59. The summed E-state index contributed by atoms with van der Waals surface area (Å²) in [5.41, 5.74) is 1.96. The Morgan fingerprint density at radius 1 is 1.26 bits per heavy atom. The molecule has 0 aliphatic heterocycles. The van der Waals surface area contributed by atoms with Gasteiger partial charge in [-0.25, -0.2) is 8.42 Å². The zero-order valence-electron chi connectivity index (χ0n) is 11.3. The summed E-state index contributed by atoms with van der Waals surface area (Å²) in [6.45, 7) is 1.07. The van der Waals surface area contributed by atoms with Gasteiger partial charge in [0.05, 0.1) is 5.75 Å². The summed E-state index contributed by atoms with van der Waals surface area (Å²) in [7, 11) is -1.02. The lowest BCUT2D eigenvalue weighted by molar-refractivity contribution is 0.346. The standard InChI is InChI=1S/C14H19NO3S/c1-15(9-11-19(2,17)18)12-14-7-5-13(6-8-14)4-3-10-16/h5-8,16H,9-12H2,1-2H3. The summed E-state index contributed by atoms with van der Waals surface area (Å²) in [4.78, 5) is 1.97. The molecule has 1 aromatic rings. The molecule has 0 aliphatic carbocycles. The SMILES string of the molecule is CN(CCS(C)(=O)=O)Cc1ccc(C#CCO)cc1. The van der Waals surface area contributed by atoms with E-state index in [0.29, 0.717) is 13.1 Å². The van der Waals surface area contributed by atoms with Gasteiger partial charge in [-0.3, -0.25) is 0 Å². The van der Waals surface area contributed by atoms with E-state index < -0.39 is 9.84 Å². The van der Waals surface area contributed by atoms with E-state index in [2.05, 4.69) is 11.8 Å². The lowest BCUT2D eigenvalue weighted by Crippen LogP contribution is -2.24. The van der Waals surface area contributed by atoms with Crippen molar-refractivity contribution in [1.29, 1.82) is 0 Å². The van der Waals surface area contributed by atoms with Crippen LogP contribution in [-0.2, 0) is 16.4 Å². The second-order valence-corrected chi connectivity index (χ2v) is 6.78. The highest BCUT2D eigenvalue weighted by molar-refractivity contribution is 7.90. The number of hydrogen-bond acceptors (Lipinski definition) is 4. The van der Waals surface area contributed by atoms with E-state index in [-0.39, 0.29) is 12.4 Å². The van der Waals surface area contributed by atoms with Crippen LogP contribution in [0.1, 0.15) is 11.1 Å². The number of rotatable bonds is 5. The summed E-state index contributed by atoms with van der Waals surface area (Å²) < 4.78 is 22.1. The Balaban J connectivity index is 2.53. The third-order valence-corrected chi connectivity index (χ3v) is 3.49. The van der Waals surface area contributed by atoms with Crippen LogP contribution in [0.15, 0.2) is 24.3 Å². The topological polar surface area (TPSA) is 57.6 Å². The second-order valence-electron chi connectivity index (χ2n) is 4.52. The molecular weight excluding hydrogens is 262 g/mol. The molecule has 104 valence electrons. The Morgan fingerprint density at radius 3 is 2.42 bits per heavy atom. The van der Waals surface area contributed by atoms with Crippen LogP contribution in [0.3, 0.4) is 0 Å². The number of sulfone groups is 1. The molecule has 0 saturated heterocycles. The van der Waals surface area contributed by atoms with E-state index >= 15 is 0 Å². The van der Waals surface area contributed by atoms with Gasteiger partial charge in [-0.1, -0.05) is 24.0 Å². The maximum absolute atomic E-state index is 11.1. The Hall–Kier alpha value is -1.35. The molecular formula is C14H19NO3S. The molecule has 1 rings (SSSR count). The first-order valence-corrected chi connectivity index (χ1v) is 8.02. The Morgan fingerprint density at radius 2 is 1.89 bits per heavy atom. The highest BCUT2D eigenvalue weighted by Crippen LogP contribution is 2.06. The summed E-state index contributed by atoms with van der Waals surface area (Å²) in [5, 5.41) is 8.60. The Labute approximate surface area is 115 Å². The third kappa shape index (κ3) is 6.97. The first-order valence-electron chi connectivity index (χ1n) is 5.95. The van der Waals surface area contributed by atoms with Gasteiger partial charge >= 0.3 is 0 Å². The fourth-order valence-corrected chi connectivity index (χ4v) is 2.19. The molecule has 0 atom stereocenters. The van der Waals surface area contributed by atoms with Crippen molar-refractivity contribution in [2.24, 2.45) is 0 Å². The highest BCUT2D eigenvalue weighted by Gasteiger charge is 2.06. The molecule has 0 amide bonds. The van der Waals surface area contributed by atoms with E-state index in [4.69, 9.17) is 5.11 Å². The van der Waals surface area contributed by atoms with Crippen molar-refractivity contribution in [3.8, 4) is 11.8 Å². The number of nitrogens with zero attached hydrogens (tertiary/aromatic N) is 1. The van der Waals surface area contributed by atoms with Crippen LogP contribution in [0.5, 0.6) is 0 Å². The lowest BCUT2D eigenvalue weighted by Gasteiger charge is -2.15. The van der Waals surface area contributed by atoms with Gasteiger partial charge in [0.15, 0.2) is 0 Å². The van der Waals surface area contributed by atoms with Gasteiger partial charge in [0.25, 0.3) is 0 Å². The number of aliphatic hydroxyl groups excluding tert-OH is 1. The van der Waals surface area contributed by atoms with Crippen LogP contribution in [0.4, 0.5) is 0 Å². The minimum atomic E-state index is -2.91. The second kappa shape index (κ2) is 7.29. The fourth-order valence-electron chi connectivity index (χ4n) is 1.55. The van der Waals surface area contributed by atoms with Crippen LogP contribution in [0.25, 0.3) is 0 Å². The number of hydrogen-bond donors (Lipinski definition) is 1. The smallest absolute Gasteiger partial charge is 0.148 e. The van der Waals surface area contributed by atoms with Crippen molar-refractivity contribution in [1.82, 2.24) is 4.90 Å². The van der Waals surface area contributed by atoms with Gasteiger partial charge in [0.2, 0.25) is 0 Å². The molecule has 1 aromatic carbocycles. The van der Waals surface area contributed by atoms with Crippen molar-refractivity contribution in [2.45, 2.75) is 6.54 Å². The van der Waals surface area contributed by atoms with Crippen LogP contribution >= 0.6 is 0 Å². The monoisotopic (exact) mass is 281 g/mol. The van der Waals surface area contributed by atoms with Crippen LogP contribution in [0, 0.1) is 11.8 Å². The molecule has 0 spiro atoms. The van der Waals surface area contributed by atoms with Crippen LogP contribution < -0.4 is 0 Å². The molecule has 0 fully saturated rings. The average Bonchev–Trinajstić information content (AvgIpc) is 2.35. The zero-order valence-corrected chi connectivity index (χ0v) is 12.1. The van der Waals surface area contributed by atoms with Gasteiger partial charge < -0.3 is 10.0 Å². The molecule has 0 bridgehead atoms. The van der Waals surface area contributed by atoms with Crippen molar-refractivity contribution >= 4 is 9.84 Å². The van der Waals surface area contributed by atoms with Crippen LogP contribution in [0.2, 0.25) is 0 Å². The maximum atomic E-state index is 11.1. The van der Waals surface area contributed by atoms with Gasteiger partial charge in [-0.15, -0.1) is 0 Å². The molecule has 0 heterocycles. The predicted molar refractivity (Wildman–Crippen MR) is 76.5 cm³/mol. The van der Waals surface area contributed by atoms with Crippen molar-refractivity contribution in [2.75, 3.05) is 32.2 Å².